The molecule has 19 heavy (non-hydrogen) atoms. The van der Waals surface area contributed by atoms with Gasteiger partial charge in [0.15, 0.2) is 0 Å². The van der Waals surface area contributed by atoms with Gasteiger partial charge in [-0.25, -0.2) is 0 Å². The Bertz CT molecular complexity index is 457. The van der Waals surface area contributed by atoms with Gasteiger partial charge in [-0.05, 0) is 49.9 Å². The van der Waals surface area contributed by atoms with Gasteiger partial charge in [0.1, 0.15) is 0 Å². The molecule has 0 radical (unpaired) electrons. The Hall–Kier alpha value is 0.580. The lowest BCUT2D eigenvalue weighted by Crippen LogP contribution is -1.98. The van der Waals surface area contributed by atoms with Crippen LogP contribution in [0.3, 0.4) is 0 Å². The first-order valence-electron chi connectivity index (χ1n) is 5.68. The van der Waals surface area contributed by atoms with Gasteiger partial charge in [-0.3, -0.25) is 4.21 Å². The third-order valence-electron chi connectivity index (χ3n) is 1.97. The molecule has 8 heteroatoms. The summed E-state index contributed by atoms with van der Waals surface area (Å²) in [6.45, 7) is 4.74. The fourth-order valence-corrected chi connectivity index (χ4v) is 8.96. The zero-order valence-corrected chi connectivity index (χ0v) is 14.8. The van der Waals surface area contributed by atoms with Crippen molar-refractivity contribution in [2.24, 2.45) is 0 Å². The van der Waals surface area contributed by atoms with E-state index in [4.69, 9.17) is 32.5 Å². The van der Waals surface area contributed by atoms with E-state index in [1.165, 1.54) is 11.4 Å². The maximum atomic E-state index is 12.1. The Morgan fingerprint density at radius 2 is 1.79 bits per heavy atom. The smallest absolute Gasteiger partial charge is 0.248 e. The zero-order chi connectivity index (χ0) is 14.3. The highest BCUT2D eigenvalue weighted by atomic mass is 35.5. The minimum Gasteiger partial charge on any atom is -0.322 e. The Morgan fingerprint density at radius 3 is 2.26 bits per heavy atom. The molecule has 1 aromatic rings. The van der Waals surface area contributed by atoms with Crippen LogP contribution in [-0.2, 0) is 31.7 Å². The maximum Gasteiger partial charge on any atom is 0.248 e. The van der Waals surface area contributed by atoms with Crippen LogP contribution in [0.2, 0.25) is 5.02 Å². The van der Waals surface area contributed by atoms with E-state index in [0.29, 0.717) is 23.3 Å². The SMILES string of the molecule is CCOP(=S)(OCC)SC[S@](=O)c1ccc(Cl)cc1. The van der Waals surface area contributed by atoms with Crippen LogP contribution >= 0.6 is 28.7 Å². The van der Waals surface area contributed by atoms with Gasteiger partial charge in [-0.1, -0.05) is 23.0 Å². The van der Waals surface area contributed by atoms with Gasteiger partial charge in [0.05, 0.1) is 29.1 Å². The molecule has 0 spiro atoms. The molecular formula is C11H16ClO3PS3. The molecule has 0 fully saturated rings. The second kappa shape index (κ2) is 8.78. The summed E-state index contributed by atoms with van der Waals surface area (Å²) in [5.74, 6) is 0. The van der Waals surface area contributed by atoms with Crippen molar-refractivity contribution in [2.75, 3.05) is 18.3 Å². The molecule has 3 nitrogen and oxygen atoms in total. The summed E-state index contributed by atoms with van der Waals surface area (Å²) < 4.78 is 23.1. The minimum absolute atomic E-state index is 0.360. The number of hydrogen-bond acceptors (Lipinski definition) is 5. The maximum absolute atomic E-state index is 12.1. The highest BCUT2D eigenvalue weighted by Gasteiger charge is 2.20. The summed E-state index contributed by atoms with van der Waals surface area (Å²) in [4.78, 5) is 0.728. The quantitative estimate of drug-likeness (QED) is 0.642. The summed E-state index contributed by atoms with van der Waals surface area (Å²) in [6.07, 6.45) is 0. The lowest BCUT2D eigenvalue weighted by atomic mass is 10.4. The van der Waals surface area contributed by atoms with Crippen LogP contribution < -0.4 is 0 Å². The van der Waals surface area contributed by atoms with Gasteiger partial charge in [-0.2, -0.15) is 0 Å². The normalized spacial score (nSPS) is 13.4. The van der Waals surface area contributed by atoms with Gasteiger partial charge in [0.2, 0.25) is 5.69 Å². The van der Waals surface area contributed by atoms with Crippen molar-refractivity contribution in [3.63, 3.8) is 0 Å². The number of halogens is 1. The number of benzene rings is 1. The van der Waals surface area contributed by atoms with E-state index in [9.17, 15) is 4.21 Å². The van der Waals surface area contributed by atoms with Crippen molar-refractivity contribution in [2.45, 2.75) is 18.7 Å². The predicted octanol–water partition coefficient (Wildman–Crippen LogP) is 4.44. The number of hydrogen-bond donors (Lipinski definition) is 0. The molecule has 0 heterocycles. The van der Waals surface area contributed by atoms with E-state index in [1.54, 1.807) is 24.3 Å². The first-order valence-corrected chi connectivity index (χ1v) is 11.6. The van der Waals surface area contributed by atoms with Gasteiger partial charge < -0.3 is 9.05 Å². The summed E-state index contributed by atoms with van der Waals surface area (Å²) in [6, 6.07) is 6.95. The first kappa shape index (κ1) is 17.6. The van der Waals surface area contributed by atoms with Crippen molar-refractivity contribution in [1.29, 1.82) is 0 Å². The van der Waals surface area contributed by atoms with Gasteiger partial charge >= 0.3 is 0 Å². The van der Waals surface area contributed by atoms with Gasteiger partial charge in [-0.15, -0.1) is 0 Å². The van der Waals surface area contributed by atoms with Crippen LogP contribution in [-0.4, -0.2) is 22.5 Å². The predicted molar refractivity (Wildman–Crippen MR) is 87.9 cm³/mol. The van der Waals surface area contributed by atoms with Crippen molar-refractivity contribution in [1.82, 2.24) is 0 Å². The minimum atomic E-state index is -2.37. The molecule has 0 aromatic heterocycles. The largest absolute Gasteiger partial charge is 0.322 e. The molecule has 108 valence electrons. The summed E-state index contributed by atoms with van der Waals surface area (Å²) >= 11 is 12.5. The third-order valence-corrected chi connectivity index (χ3v) is 9.87. The molecule has 0 bridgehead atoms. The van der Waals surface area contributed by atoms with Crippen LogP contribution in [0.25, 0.3) is 0 Å². The average Bonchev–Trinajstić information content (AvgIpc) is 2.37. The standard InChI is InChI=1S/C11H16ClO3PS3/c1-3-14-16(17,15-4-2)18-9-19(13)11-7-5-10(12)6-8-11/h5-8H,3-4,9H2,1-2H3/t19-/m0/s1. The molecule has 0 N–H and O–H groups in total. The van der Waals surface area contributed by atoms with E-state index in [1.807, 2.05) is 13.8 Å². The molecule has 0 amide bonds. The average molecular weight is 359 g/mol. The summed E-state index contributed by atoms with van der Waals surface area (Å²) in [7, 11) is -1.14. The lowest BCUT2D eigenvalue weighted by molar-refractivity contribution is 0.280. The molecule has 1 aromatic carbocycles. The molecular weight excluding hydrogens is 343 g/mol. The first-order chi connectivity index (χ1) is 9.00. The molecule has 0 unspecified atom stereocenters. The molecule has 0 aliphatic heterocycles. The Balaban J connectivity index is 2.61. The Labute approximate surface area is 130 Å². The summed E-state index contributed by atoms with van der Waals surface area (Å²) in [5.41, 5.74) is -2.37. The van der Waals surface area contributed by atoms with E-state index >= 15 is 0 Å². The number of rotatable bonds is 8. The van der Waals surface area contributed by atoms with E-state index in [0.717, 1.165) is 4.90 Å². The third kappa shape index (κ3) is 6.25. The van der Waals surface area contributed by atoms with Crippen LogP contribution in [0.1, 0.15) is 13.8 Å². The fourth-order valence-electron chi connectivity index (χ4n) is 1.19. The molecule has 1 atom stereocenters. The molecule has 0 saturated heterocycles. The topological polar surface area (TPSA) is 35.5 Å². The fraction of sp³-hybridized carbons (Fsp3) is 0.455. The molecule has 1 rings (SSSR count). The van der Waals surface area contributed by atoms with Crippen molar-refractivity contribution >= 4 is 51.3 Å². The molecule has 0 aliphatic rings. The highest BCUT2D eigenvalue weighted by Crippen LogP contribution is 2.61. The van der Waals surface area contributed by atoms with Crippen molar-refractivity contribution in [3.8, 4) is 0 Å². The van der Waals surface area contributed by atoms with Crippen LogP contribution in [0.4, 0.5) is 0 Å². The highest BCUT2D eigenvalue weighted by molar-refractivity contribution is 8.69. The van der Waals surface area contributed by atoms with E-state index in [-0.39, 0.29) is 0 Å². The summed E-state index contributed by atoms with van der Waals surface area (Å²) in [5, 5.41) is 0.987. The van der Waals surface area contributed by atoms with Gasteiger partial charge in [0.25, 0.3) is 0 Å². The zero-order valence-electron chi connectivity index (χ0n) is 10.7. The molecule has 0 aliphatic carbocycles. The van der Waals surface area contributed by atoms with Crippen LogP contribution in [0, 0.1) is 0 Å². The second-order valence-electron chi connectivity index (χ2n) is 3.33. The monoisotopic (exact) mass is 358 g/mol. The second-order valence-corrected chi connectivity index (χ2v) is 11.9. The van der Waals surface area contributed by atoms with Crippen LogP contribution in [0.15, 0.2) is 29.2 Å². The Kier molecular flexibility index (Phi) is 8.14. The lowest BCUT2D eigenvalue weighted by Gasteiger charge is -2.19. The Morgan fingerprint density at radius 1 is 1.26 bits per heavy atom. The van der Waals surface area contributed by atoms with Crippen molar-refractivity contribution < 1.29 is 13.3 Å². The van der Waals surface area contributed by atoms with Crippen LogP contribution in [0.5, 0.6) is 0 Å². The van der Waals surface area contributed by atoms with Crippen molar-refractivity contribution in [3.05, 3.63) is 29.3 Å². The van der Waals surface area contributed by atoms with E-state index < -0.39 is 16.5 Å². The van der Waals surface area contributed by atoms with Gasteiger partial charge in [0, 0.05) is 9.92 Å². The van der Waals surface area contributed by atoms with E-state index in [2.05, 4.69) is 0 Å². The molecule has 0 saturated carbocycles.